The lowest BCUT2D eigenvalue weighted by Crippen LogP contribution is -2.56. The van der Waals surface area contributed by atoms with E-state index in [-0.39, 0.29) is 17.3 Å². The highest BCUT2D eigenvalue weighted by molar-refractivity contribution is 7.89. The van der Waals surface area contributed by atoms with Crippen molar-refractivity contribution in [3.05, 3.63) is 103 Å². The summed E-state index contributed by atoms with van der Waals surface area (Å²) in [5.74, 6) is -0.764. The van der Waals surface area contributed by atoms with Gasteiger partial charge in [-0.1, -0.05) is 66.8 Å². The van der Waals surface area contributed by atoms with Crippen LogP contribution in [0.15, 0.2) is 108 Å². The van der Waals surface area contributed by atoms with Crippen LogP contribution < -0.4 is 15.8 Å². The van der Waals surface area contributed by atoms with Crippen molar-refractivity contribution in [2.45, 2.75) is 16.9 Å². The van der Waals surface area contributed by atoms with Crippen LogP contribution in [0.2, 0.25) is 0 Å². The Bertz CT molecular complexity index is 1310. The first kappa shape index (κ1) is 23.6. The van der Waals surface area contributed by atoms with Crippen LogP contribution in [0.1, 0.15) is 6.42 Å². The van der Waals surface area contributed by atoms with E-state index in [1.165, 1.54) is 0 Å². The number of carbonyl (C=O) groups is 1. The summed E-state index contributed by atoms with van der Waals surface area (Å²) in [6.07, 6.45) is 10.5. The molecule has 4 N–H and O–H groups in total. The van der Waals surface area contributed by atoms with Crippen molar-refractivity contribution in [1.29, 1.82) is 0 Å². The average Bonchev–Trinajstić information content (AvgIpc) is 2.86. The van der Waals surface area contributed by atoms with E-state index in [2.05, 4.69) is 15.0 Å². The van der Waals surface area contributed by atoms with Crippen molar-refractivity contribution in [1.82, 2.24) is 9.71 Å². The summed E-state index contributed by atoms with van der Waals surface area (Å²) < 4.78 is 28.5. The maximum atomic E-state index is 13.0. The van der Waals surface area contributed by atoms with Crippen molar-refractivity contribution in [3.63, 3.8) is 0 Å². The van der Waals surface area contributed by atoms with Gasteiger partial charge >= 0.3 is 0 Å². The van der Waals surface area contributed by atoms with Gasteiger partial charge in [0.25, 0.3) is 0 Å². The van der Waals surface area contributed by atoms with E-state index in [9.17, 15) is 13.2 Å². The number of anilines is 1. The van der Waals surface area contributed by atoms with Gasteiger partial charge in [0.2, 0.25) is 15.9 Å². The molecule has 0 spiro atoms. The minimum atomic E-state index is -3.74. The number of carbonyl (C=O) groups excluding carboxylic acids is 1. The highest BCUT2D eigenvalue weighted by Gasteiger charge is 2.39. The van der Waals surface area contributed by atoms with Gasteiger partial charge in [-0.3, -0.25) is 9.78 Å². The van der Waals surface area contributed by atoms with Crippen molar-refractivity contribution in [3.8, 4) is 11.1 Å². The SMILES string of the molecule is NC1(C(=O)Nc2ccncc2)C=CC=CC1CCNS(=O)(=O)c1cccc(-c2ccccc2)c1. The van der Waals surface area contributed by atoms with Crippen LogP contribution in [0, 0.1) is 5.92 Å². The van der Waals surface area contributed by atoms with Crippen LogP contribution in [0.25, 0.3) is 11.1 Å². The van der Waals surface area contributed by atoms with Gasteiger partial charge in [-0.15, -0.1) is 0 Å². The zero-order chi connectivity index (χ0) is 24.0. The fraction of sp³-hybridized carbons (Fsp3) is 0.154. The molecule has 2 atom stereocenters. The summed E-state index contributed by atoms with van der Waals surface area (Å²) >= 11 is 0. The molecule has 2 aromatic carbocycles. The summed E-state index contributed by atoms with van der Waals surface area (Å²) in [6, 6.07) is 19.7. The van der Waals surface area contributed by atoms with Gasteiger partial charge in [0.15, 0.2) is 0 Å². The molecule has 8 heteroatoms. The summed E-state index contributed by atoms with van der Waals surface area (Å²) in [5, 5.41) is 2.81. The number of sulfonamides is 1. The summed E-state index contributed by atoms with van der Waals surface area (Å²) in [5.41, 5.74) is 7.53. The Hall–Kier alpha value is -3.59. The number of rotatable bonds is 8. The highest BCUT2D eigenvalue weighted by Crippen LogP contribution is 2.27. The normalized spacial score (nSPS) is 19.6. The van der Waals surface area contributed by atoms with Gasteiger partial charge in [0.05, 0.1) is 4.90 Å². The Balaban J connectivity index is 1.43. The number of amides is 1. The van der Waals surface area contributed by atoms with E-state index in [0.29, 0.717) is 12.1 Å². The molecular weight excluding hydrogens is 448 g/mol. The van der Waals surface area contributed by atoms with Crippen molar-refractivity contribution >= 4 is 21.6 Å². The molecule has 1 aliphatic carbocycles. The number of benzene rings is 2. The molecule has 1 heterocycles. The van der Waals surface area contributed by atoms with Gasteiger partial charge in [0, 0.05) is 30.5 Å². The molecule has 0 radical (unpaired) electrons. The molecule has 1 aliphatic rings. The number of nitrogens with two attached hydrogens (primary N) is 1. The van der Waals surface area contributed by atoms with E-state index >= 15 is 0 Å². The fourth-order valence-corrected chi connectivity index (χ4v) is 4.95. The number of hydrogen-bond acceptors (Lipinski definition) is 5. The predicted octanol–water partition coefficient (Wildman–Crippen LogP) is 3.50. The number of allylic oxidation sites excluding steroid dienone is 2. The second kappa shape index (κ2) is 10.1. The maximum absolute atomic E-state index is 13.0. The predicted molar refractivity (Wildman–Crippen MR) is 133 cm³/mol. The average molecular weight is 475 g/mol. The summed E-state index contributed by atoms with van der Waals surface area (Å²) in [4.78, 5) is 17.1. The van der Waals surface area contributed by atoms with Crippen LogP contribution >= 0.6 is 0 Å². The first-order valence-electron chi connectivity index (χ1n) is 10.9. The van der Waals surface area contributed by atoms with Crippen LogP contribution in [0.3, 0.4) is 0 Å². The Morgan fingerprint density at radius 3 is 2.47 bits per heavy atom. The smallest absolute Gasteiger partial charge is 0.249 e. The minimum Gasteiger partial charge on any atom is -0.324 e. The fourth-order valence-electron chi connectivity index (χ4n) is 3.86. The molecule has 0 saturated carbocycles. The Morgan fingerprint density at radius 2 is 1.71 bits per heavy atom. The van der Waals surface area contributed by atoms with E-state index in [1.807, 2.05) is 48.6 Å². The standard InChI is InChI=1S/C26H26N4O3S/c27-26(25(31)30-23-13-16-28-17-14-23)15-5-4-10-22(26)12-18-29-34(32,33)24-11-6-9-21(19-24)20-7-2-1-3-8-20/h1-11,13-17,19,22,29H,12,18,27H2,(H,28,30,31). The van der Waals surface area contributed by atoms with E-state index in [4.69, 9.17) is 5.73 Å². The Labute approximate surface area is 199 Å². The first-order chi connectivity index (χ1) is 16.4. The number of hydrogen-bond donors (Lipinski definition) is 3. The molecule has 7 nitrogen and oxygen atoms in total. The quantitative estimate of drug-likeness (QED) is 0.462. The van der Waals surface area contributed by atoms with Crippen LogP contribution in [0.4, 0.5) is 5.69 Å². The molecule has 0 bridgehead atoms. The highest BCUT2D eigenvalue weighted by atomic mass is 32.2. The van der Waals surface area contributed by atoms with E-state index in [1.54, 1.807) is 54.9 Å². The van der Waals surface area contributed by atoms with Gasteiger partial charge in [-0.25, -0.2) is 13.1 Å². The third-order valence-corrected chi connectivity index (χ3v) is 7.23. The molecule has 1 aromatic heterocycles. The molecule has 0 saturated heterocycles. The lowest BCUT2D eigenvalue weighted by Gasteiger charge is -2.33. The lowest BCUT2D eigenvalue weighted by molar-refractivity contribution is -0.120. The molecular formula is C26H26N4O3S. The lowest BCUT2D eigenvalue weighted by atomic mass is 9.78. The molecule has 34 heavy (non-hydrogen) atoms. The molecule has 0 fully saturated rings. The van der Waals surface area contributed by atoms with E-state index < -0.39 is 21.5 Å². The molecule has 3 aromatic rings. The second-order valence-corrected chi connectivity index (χ2v) is 9.82. The summed E-state index contributed by atoms with van der Waals surface area (Å²) in [6.45, 7) is 0.127. The Kier molecular flexibility index (Phi) is 7.02. The third-order valence-electron chi connectivity index (χ3n) is 5.77. The molecule has 1 amide bonds. The molecule has 174 valence electrons. The van der Waals surface area contributed by atoms with Crippen LogP contribution in [0.5, 0.6) is 0 Å². The minimum absolute atomic E-state index is 0.127. The summed E-state index contributed by atoms with van der Waals surface area (Å²) in [7, 11) is -3.74. The van der Waals surface area contributed by atoms with Gasteiger partial charge in [-0.05, 0) is 41.8 Å². The topological polar surface area (TPSA) is 114 Å². The van der Waals surface area contributed by atoms with E-state index in [0.717, 1.165) is 11.1 Å². The zero-order valence-corrected chi connectivity index (χ0v) is 19.3. The number of pyridine rings is 1. The van der Waals surface area contributed by atoms with Crippen molar-refractivity contribution < 1.29 is 13.2 Å². The molecule has 4 rings (SSSR count). The van der Waals surface area contributed by atoms with Gasteiger partial charge in [0.1, 0.15) is 5.54 Å². The van der Waals surface area contributed by atoms with Crippen LogP contribution in [-0.2, 0) is 14.8 Å². The zero-order valence-electron chi connectivity index (χ0n) is 18.5. The Morgan fingerprint density at radius 1 is 0.971 bits per heavy atom. The number of nitrogens with zero attached hydrogens (tertiary/aromatic N) is 1. The number of aromatic nitrogens is 1. The molecule has 0 aliphatic heterocycles. The van der Waals surface area contributed by atoms with Gasteiger partial charge in [-0.2, -0.15) is 0 Å². The third kappa shape index (κ3) is 5.31. The maximum Gasteiger partial charge on any atom is 0.249 e. The van der Waals surface area contributed by atoms with Crippen molar-refractivity contribution in [2.75, 3.05) is 11.9 Å². The first-order valence-corrected chi connectivity index (χ1v) is 12.4. The van der Waals surface area contributed by atoms with Gasteiger partial charge < -0.3 is 11.1 Å². The second-order valence-electron chi connectivity index (χ2n) is 8.05. The largest absolute Gasteiger partial charge is 0.324 e. The van der Waals surface area contributed by atoms with Crippen LogP contribution in [-0.4, -0.2) is 31.4 Å². The van der Waals surface area contributed by atoms with Crippen molar-refractivity contribution in [2.24, 2.45) is 11.7 Å². The molecule has 2 unspecified atom stereocenters. The number of nitrogens with one attached hydrogen (secondary N) is 2. The monoisotopic (exact) mass is 474 g/mol.